The molecule has 2 aromatic carbocycles. The first-order valence-electron chi connectivity index (χ1n) is 7.21. The molecule has 0 radical (unpaired) electrons. The summed E-state index contributed by atoms with van der Waals surface area (Å²) in [6.45, 7) is 4.99. The first-order chi connectivity index (χ1) is 10.9. The Kier molecular flexibility index (Phi) is 4.83. The van der Waals surface area contributed by atoms with Crippen LogP contribution in [0, 0.1) is 12.7 Å². The first kappa shape index (κ1) is 16.7. The number of aryl methyl sites for hydroxylation is 1. The minimum atomic E-state index is -0.831. The van der Waals surface area contributed by atoms with Crippen LogP contribution in [0.3, 0.4) is 0 Å². The van der Waals surface area contributed by atoms with E-state index in [2.05, 4.69) is 0 Å². The van der Waals surface area contributed by atoms with Crippen LogP contribution < -0.4 is 0 Å². The second-order valence-corrected chi connectivity index (χ2v) is 4.85. The number of halogens is 1. The fraction of sp³-hybridized carbons (Fsp3) is 0.294. The van der Waals surface area contributed by atoms with Crippen molar-refractivity contribution in [2.24, 2.45) is 0 Å². The highest BCUT2D eigenvalue weighted by atomic mass is 19.1. The second-order valence-electron chi connectivity index (χ2n) is 4.85. The zero-order chi connectivity index (χ0) is 17.1. The molecule has 0 aliphatic carbocycles. The van der Waals surface area contributed by atoms with Crippen LogP contribution in [0.25, 0.3) is 10.8 Å². The van der Waals surface area contributed by atoms with Crippen molar-refractivity contribution in [1.29, 1.82) is 0 Å². The Labute approximate surface area is 132 Å². The molecular weight excluding hydrogens is 303 g/mol. The van der Waals surface area contributed by atoms with E-state index in [-0.39, 0.29) is 29.7 Å². The highest BCUT2D eigenvalue weighted by molar-refractivity contribution is 6.12. The predicted octanol–water partition coefficient (Wildman–Crippen LogP) is 3.35. The average molecular weight is 320 g/mol. The van der Waals surface area contributed by atoms with E-state index in [4.69, 9.17) is 9.47 Å². The van der Waals surface area contributed by atoms with Crippen LogP contribution in [0.15, 0.2) is 18.2 Å². The molecule has 0 heterocycles. The van der Waals surface area contributed by atoms with Gasteiger partial charge in [-0.15, -0.1) is 0 Å². The number of rotatable bonds is 4. The smallest absolute Gasteiger partial charge is 0.342 e. The van der Waals surface area contributed by atoms with Crippen molar-refractivity contribution in [1.82, 2.24) is 0 Å². The van der Waals surface area contributed by atoms with Crippen molar-refractivity contribution in [2.75, 3.05) is 13.2 Å². The van der Waals surface area contributed by atoms with Gasteiger partial charge >= 0.3 is 11.9 Å². The molecule has 0 aromatic heterocycles. The lowest BCUT2D eigenvalue weighted by Gasteiger charge is -2.16. The number of aromatic hydroxyl groups is 1. The zero-order valence-corrected chi connectivity index (χ0v) is 13.1. The topological polar surface area (TPSA) is 72.8 Å². The molecule has 2 rings (SSSR count). The van der Waals surface area contributed by atoms with Crippen LogP contribution in [-0.2, 0) is 9.47 Å². The highest BCUT2D eigenvalue weighted by Crippen LogP contribution is 2.36. The third-order valence-corrected chi connectivity index (χ3v) is 3.46. The maximum Gasteiger partial charge on any atom is 0.342 e. The van der Waals surface area contributed by atoms with E-state index in [0.29, 0.717) is 10.9 Å². The molecule has 5 nitrogen and oxygen atoms in total. The van der Waals surface area contributed by atoms with Crippen molar-refractivity contribution in [3.8, 4) is 5.75 Å². The first-order valence-corrected chi connectivity index (χ1v) is 7.21. The molecule has 0 aliphatic rings. The summed E-state index contributed by atoms with van der Waals surface area (Å²) < 4.78 is 23.4. The lowest BCUT2D eigenvalue weighted by atomic mass is 9.93. The summed E-state index contributed by atoms with van der Waals surface area (Å²) in [6, 6.07) is 3.72. The van der Waals surface area contributed by atoms with Gasteiger partial charge in [0, 0.05) is 5.39 Å². The van der Waals surface area contributed by atoms with Gasteiger partial charge in [-0.1, -0.05) is 0 Å². The Balaban J connectivity index is 2.86. The molecule has 0 saturated carbocycles. The molecule has 1 N–H and O–H groups in total. The van der Waals surface area contributed by atoms with Crippen molar-refractivity contribution in [2.45, 2.75) is 20.8 Å². The fourth-order valence-corrected chi connectivity index (χ4v) is 2.47. The third kappa shape index (κ3) is 2.97. The average Bonchev–Trinajstić information content (AvgIpc) is 2.50. The van der Waals surface area contributed by atoms with Crippen LogP contribution in [-0.4, -0.2) is 30.3 Å². The summed E-state index contributed by atoms with van der Waals surface area (Å²) >= 11 is 0. The minimum absolute atomic E-state index is 0.0844. The van der Waals surface area contributed by atoms with E-state index in [1.165, 1.54) is 18.2 Å². The van der Waals surface area contributed by atoms with E-state index in [0.717, 1.165) is 0 Å². The molecule has 0 fully saturated rings. The van der Waals surface area contributed by atoms with Gasteiger partial charge in [-0.25, -0.2) is 14.0 Å². The Morgan fingerprint density at radius 2 is 1.61 bits per heavy atom. The molecule has 23 heavy (non-hydrogen) atoms. The summed E-state index contributed by atoms with van der Waals surface area (Å²) in [5, 5.41) is 11.0. The lowest BCUT2D eigenvalue weighted by Crippen LogP contribution is -2.16. The molecule has 6 heteroatoms. The van der Waals surface area contributed by atoms with Gasteiger partial charge in [-0.2, -0.15) is 0 Å². The number of carbonyl (C=O) groups excluding carboxylic acids is 2. The zero-order valence-electron chi connectivity index (χ0n) is 13.1. The molecular formula is C17H17FO5. The minimum Gasteiger partial charge on any atom is -0.506 e. The van der Waals surface area contributed by atoms with Gasteiger partial charge in [0.2, 0.25) is 0 Å². The summed E-state index contributed by atoms with van der Waals surface area (Å²) in [5.41, 5.74) is -0.0263. The largest absolute Gasteiger partial charge is 0.506 e. The quantitative estimate of drug-likeness (QED) is 0.875. The lowest BCUT2D eigenvalue weighted by molar-refractivity contribution is 0.0475. The van der Waals surface area contributed by atoms with Crippen LogP contribution in [0.4, 0.5) is 4.39 Å². The number of carbonyl (C=O) groups is 2. The van der Waals surface area contributed by atoms with Gasteiger partial charge in [0.25, 0.3) is 0 Å². The van der Waals surface area contributed by atoms with Gasteiger partial charge in [-0.3, -0.25) is 0 Å². The number of hydrogen-bond acceptors (Lipinski definition) is 5. The Morgan fingerprint density at radius 3 is 2.17 bits per heavy atom. The Bertz CT molecular complexity index is 782. The molecule has 0 amide bonds. The van der Waals surface area contributed by atoms with Crippen molar-refractivity contribution >= 4 is 22.7 Å². The molecule has 122 valence electrons. The summed E-state index contributed by atoms with van der Waals surface area (Å²) in [6.07, 6.45) is 0. The Hall–Kier alpha value is -2.63. The maximum atomic E-state index is 13.5. The SMILES string of the molecule is CCOC(=O)c1c(C(=O)OCC)c(O)c2ccc(F)cc2c1C. The van der Waals surface area contributed by atoms with E-state index in [1.807, 2.05) is 0 Å². The van der Waals surface area contributed by atoms with Gasteiger partial charge < -0.3 is 14.6 Å². The molecule has 0 spiro atoms. The molecule has 0 aliphatic heterocycles. The number of phenols is 1. The van der Waals surface area contributed by atoms with Gasteiger partial charge in [0.05, 0.1) is 18.8 Å². The van der Waals surface area contributed by atoms with E-state index >= 15 is 0 Å². The summed E-state index contributed by atoms with van der Waals surface area (Å²) in [5.74, 6) is -2.54. The van der Waals surface area contributed by atoms with Crippen LogP contribution in [0.5, 0.6) is 5.75 Å². The summed E-state index contributed by atoms with van der Waals surface area (Å²) in [7, 11) is 0. The van der Waals surface area contributed by atoms with E-state index < -0.39 is 23.5 Å². The third-order valence-electron chi connectivity index (χ3n) is 3.46. The number of phenolic OH excluding ortho intramolecular Hbond substituents is 1. The molecule has 2 aromatic rings. The van der Waals surface area contributed by atoms with Crippen LogP contribution >= 0.6 is 0 Å². The fourth-order valence-electron chi connectivity index (χ4n) is 2.47. The van der Waals surface area contributed by atoms with Crippen molar-refractivity contribution < 1.29 is 28.6 Å². The number of esters is 2. The molecule has 0 unspecified atom stereocenters. The maximum absolute atomic E-state index is 13.5. The highest BCUT2D eigenvalue weighted by Gasteiger charge is 2.28. The molecule has 0 saturated heterocycles. The molecule has 0 atom stereocenters. The van der Waals surface area contributed by atoms with Gasteiger partial charge in [0.15, 0.2) is 0 Å². The number of hydrogen-bond donors (Lipinski definition) is 1. The number of ether oxygens (including phenoxy) is 2. The number of fused-ring (bicyclic) bond motifs is 1. The van der Waals surface area contributed by atoms with Crippen molar-refractivity contribution in [3.05, 3.63) is 40.7 Å². The van der Waals surface area contributed by atoms with Crippen LogP contribution in [0.1, 0.15) is 40.1 Å². The summed E-state index contributed by atoms with van der Waals surface area (Å²) in [4.78, 5) is 24.4. The van der Waals surface area contributed by atoms with Gasteiger partial charge in [-0.05, 0) is 49.9 Å². The predicted molar refractivity (Wildman–Crippen MR) is 82.2 cm³/mol. The normalized spacial score (nSPS) is 10.6. The monoisotopic (exact) mass is 320 g/mol. The second kappa shape index (κ2) is 6.64. The standard InChI is InChI=1S/C17H17FO5/c1-4-22-16(20)13-9(3)12-8-10(18)6-7-11(12)15(19)14(13)17(21)23-5-2/h6-8,19H,4-5H2,1-3H3. The number of benzene rings is 2. The Morgan fingerprint density at radius 1 is 1.04 bits per heavy atom. The van der Waals surface area contributed by atoms with Crippen LogP contribution in [0.2, 0.25) is 0 Å². The molecule has 0 bridgehead atoms. The van der Waals surface area contributed by atoms with E-state index in [9.17, 15) is 19.1 Å². The van der Waals surface area contributed by atoms with Gasteiger partial charge in [0.1, 0.15) is 17.1 Å². The van der Waals surface area contributed by atoms with E-state index in [1.54, 1.807) is 20.8 Å². The van der Waals surface area contributed by atoms with Crippen molar-refractivity contribution in [3.63, 3.8) is 0 Å².